The van der Waals surface area contributed by atoms with Crippen LogP contribution in [0.15, 0.2) is 18.3 Å². The van der Waals surface area contributed by atoms with Gasteiger partial charge in [-0.3, -0.25) is 4.98 Å². The second kappa shape index (κ2) is 3.81. The summed E-state index contributed by atoms with van der Waals surface area (Å²) in [5.41, 5.74) is 1.65. The molecule has 0 aliphatic carbocycles. The van der Waals surface area contributed by atoms with Crippen molar-refractivity contribution < 1.29 is 5.11 Å². The first-order chi connectivity index (χ1) is 7.07. The van der Waals surface area contributed by atoms with Crippen molar-refractivity contribution >= 4 is 5.69 Å². The van der Waals surface area contributed by atoms with Gasteiger partial charge in [-0.25, -0.2) is 0 Å². The molecule has 1 saturated heterocycles. The molecule has 15 heavy (non-hydrogen) atoms. The molecule has 0 radical (unpaired) electrons. The van der Waals surface area contributed by atoms with Gasteiger partial charge < -0.3 is 10.0 Å². The van der Waals surface area contributed by atoms with Crippen molar-refractivity contribution in [3.8, 4) is 0 Å². The number of anilines is 1. The number of pyridine rings is 1. The highest BCUT2D eigenvalue weighted by atomic mass is 16.3. The number of aryl methyl sites for hydroxylation is 1. The molecule has 1 unspecified atom stereocenters. The lowest BCUT2D eigenvalue weighted by molar-refractivity contribution is 0.0449. The minimum Gasteiger partial charge on any atom is -0.388 e. The molecule has 3 nitrogen and oxygen atoms in total. The first kappa shape index (κ1) is 10.4. The average Bonchev–Trinajstić information content (AvgIpc) is 2.16. The smallest absolute Gasteiger partial charge is 0.0794 e. The molecule has 1 aromatic rings. The first-order valence-electron chi connectivity index (χ1n) is 5.47. The van der Waals surface area contributed by atoms with E-state index >= 15 is 0 Å². The monoisotopic (exact) mass is 206 g/mol. The molecule has 82 valence electrons. The summed E-state index contributed by atoms with van der Waals surface area (Å²) in [4.78, 5) is 6.42. The highest BCUT2D eigenvalue weighted by molar-refractivity contribution is 5.47. The minimum atomic E-state index is -0.546. The molecular formula is C12H18N2O. The molecule has 0 amide bonds. The Morgan fingerprint density at radius 3 is 3.00 bits per heavy atom. The Morgan fingerprint density at radius 2 is 2.33 bits per heavy atom. The molecule has 0 saturated carbocycles. The van der Waals surface area contributed by atoms with Crippen LogP contribution in [0.5, 0.6) is 0 Å². The number of aromatic nitrogens is 1. The van der Waals surface area contributed by atoms with E-state index in [0.717, 1.165) is 31.6 Å². The van der Waals surface area contributed by atoms with Gasteiger partial charge >= 0.3 is 0 Å². The molecule has 1 aliphatic heterocycles. The fraction of sp³-hybridized carbons (Fsp3) is 0.583. The van der Waals surface area contributed by atoms with Crippen LogP contribution in [0.1, 0.15) is 25.5 Å². The Hall–Kier alpha value is -1.09. The minimum absolute atomic E-state index is 0.546. The highest BCUT2D eigenvalue weighted by Crippen LogP contribution is 2.25. The quantitative estimate of drug-likeness (QED) is 0.760. The summed E-state index contributed by atoms with van der Waals surface area (Å²) in [6.45, 7) is 5.65. The zero-order valence-electron chi connectivity index (χ0n) is 9.40. The third kappa shape index (κ3) is 2.48. The summed E-state index contributed by atoms with van der Waals surface area (Å²) in [6.07, 6.45) is 3.77. The highest BCUT2D eigenvalue weighted by Gasteiger charge is 2.28. The third-order valence-corrected chi connectivity index (χ3v) is 2.92. The van der Waals surface area contributed by atoms with Crippen molar-refractivity contribution in [2.75, 3.05) is 18.0 Å². The van der Waals surface area contributed by atoms with Gasteiger partial charge in [0, 0.05) is 30.7 Å². The maximum atomic E-state index is 10.0. The number of hydrogen-bond donors (Lipinski definition) is 1. The van der Waals surface area contributed by atoms with Crippen LogP contribution in [0.4, 0.5) is 5.69 Å². The van der Waals surface area contributed by atoms with E-state index in [-0.39, 0.29) is 0 Å². The average molecular weight is 206 g/mol. The Kier molecular flexibility index (Phi) is 2.65. The van der Waals surface area contributed by atoms with Crippen molar-refractivity contribution in [1.82, 2.24) is 4.98 Å². The molecule has 0 bridgehead atoms. The molecule has 1 aliphatic rings. The van der Waals surface area contributed by atoms with E-state index in [1.165, 1.54) is 5.69 Å². The van der Waals surface area contributed by atoms with E-state index in [0.29, 0.717) is 0 Å². The van der Waals surface area contributed by atoms with Crippen LogP contribution >= 0.6 is 0 Å². The van der Waals surface area contributed by atoms with Crippen molar-refractivity contribution in [3.05, 3.63) is 24.0 Å². The van der Waals surface area contributed by atoms with Gasteiger partial charge in [-0.2, -0.15) is 0 Å². The molecule has 0 aromatic carbocycles. The molecule has 1 aromatic heterocycles. The van der Waals surface area contributed by atoms with Crippen LogP contribution in [0, 0.1) is 6.92 Å². The van der Waals surface area contributed by atoms with E-state index in [9.17, 15) is 5.11 Å². The third-order valence-electron chi connectivity index (χ3n) is 2.92. The van der Waals surface area contributed by atoms with Crippen LogP contribution in [-0.2, 0) is 0 Å². The first-order valence-corrected chi connectivity index (χ1v) is 5.47. The second-order valence-electron chi connectivity index (χ2n) is 4.68. The van der Waals surface area contributed by atoms with Gasteiger partial charge in [0.1, 0.15) is 0 Å². The van der Waals surface area contributed by atoms with Gasteiger partial charge in [0.05, 0.1) is 5.60 Å². The van der Waals surface area contributed by atoms with Crippen LogP contribution in [0.3, 0.4) is 0 Å². The largest absolute Gasteiger partial charge is 0.388 e. The van der Waals surface area contributed by atoms with Gasteiger partial charge in [-0.1, -0.05) is 0 Å². The zero-order chi connectivity index (χ0) is 10.9. The fourth-order valence-corrected chi connectivity index (χ4v) is 2.17. The van der Waals surface area contributed by atoms with Gasteiger partial charge in [-0.05, 0) is 38.8 Å². The SMILES string of the molecule is Cc1cc(N2CCCC(C)(O)C2)ccn1. The summed E-state index contributed by atoms with van der Waals surface area (Å²) < 4.78 is 0. The number of aliphatic hydroxyl groups is 1. The Balaban J connectivity index is 2.17. The van der Waals surface area contributed by atoms with Gasteiger partial charge in [-0.15, -0.1) is 0 Å². The summed E-state index contributed by atoms with van der Waals surface area (Å²) in [7, 11) is 0. The van der Waals surface area contributed by atoms with Crippen molar-refractivity contribution in [2.45, 2.75) is 32.3 Å². The van der Waals surface area contributed by atoms with Gasteiger partial charge in [0.2, 0.25) is 0 Å². The Bertz CT molecular complexity index is 349. The maximum absolute atomic E-state index is 10.0. The molecular weight excluding hydrogens is 188 g/mol. The molecule has 2 rings (SSSR count). The number of β-amino-alcohol motifs (C(OH)–C–C–N with tert-alkyl or cyclic N) is 1. The lowest BCUT2D eigenvalue weighted by Gasteiger charge is -2.38. The van der Waals surface area contributed by atoms with Crippen LogP contribution < -0.4 is 4.90 Å². The summed E-state index contributed by atoms with van der Waals surface area (Å²) in [5, 5.41) is 10.0. The maximum Gasteiger partial charge on any atom is 0.0794 e. The van der Waals surface area contributed by atoms with Crippen LogP contribution in [0.2, 0.25) is 0 Å². The zero-order valence-corrected chi connectivity index (χ0v) is 9.40. The normalized spacial score (nSPS) is 26.7. The topological polar surface area (TPSA) is 36.4 Å². The summed E-state index contributed by atoms with van der Waals surface area (Å²) >= 11 is 0. The van der Waals surface area contributed by atoms with E-state index in [2.05, 4.69) is 16.0 Å². The number of nitrogens with zero attached hydrogens (tertiary/aromatic N) is 2. The molecule has 2 heterocycles. The summed E-state index contributed by atoms with van der Waals surface area (Å²) in [6, 6.07) is 4.08. The van der Waals surface area contributed by atoms with Crippen molar-refractivity contribution in [2.24, 2.45) is 0 Å². The summed E-state index contributed by atoms with van der Waals surface area (Å²) in [5.74, 6) is 0. The number of piperidine rings is 1. The molecule has 1 N–H and O–H groups in total. The van der Waals surface area contributed by atoms with E-state index < -0.39 is 5.60 Å². The molecule has 0 spiro atoms. The lowest BCUT2D eigenvalue weighted by Crippen LogP contribution is -2.46. The number of rotatable bonds is 1. The predicted molar refractivity (Wildman–Crippen MR) is 61.0 cm³/mol. The van der Waals surface area contributed by atoms with Crippen LogP contribution in [0.25, 0.3) is 0 Å². The van der Waals surface area contributed by atoms with E-state index in [4.69, 9.17) is 0 Å². The molecule has 3 heteroatoms. The predicted octanol–water partition coefficient (Wildman–Crippen LogP) is 1.74. The number of hydrogen-bond acceptors (Lipinski definition) is 3. The van der Waals surface area contributed by atoms with Gasteiger partial charge in [0.25, 0.3) is 0 Å². The molecule has 1 fully saturated rings. The van der Waals surface area contributed by atoms with Crippen molar-refractivity contribution in [3.63, 3.8) is 0 Å². The lowest BCUT2D eigenvalue weighted by atomic mass is 9.95. The Labute approximate surface area is 90.8 Å². The van der Waals surface area contributed by atoms with E-state index in [1.54, 1.807) is 0 Å². The molecule has 1 atom stereocenters. The van der Waals surface area contributed by atoms with Gasteiger partial charge in [0.15, 0.2) is 0 Å². The fourth-order valence-electron chi connectivity index (χ4n) is 2.17. The van der Waals surface area contributed by atoms with Crippen LogP contribution in [-0.4, -0.2) is 28.8 Å². The standard InChI is InChI=1S/C12H18N2O/c1-10-8-11(4-6-13-10)14-7-3-5-12(2,15)9-14/h4,6,8,15H,3,5,7,9H2,1-2H3. The Morgan fingerprint density at radius 1 is 1.53 bits per heavy atom. The van der Waals surface area contributed by atoms with Crippen molar-refractivity contribution in [1.29, 1.82) is 0 Å². The van der Waals surface area contributed by atoms with E-state index in [1.807, 2.05) is 26.1 Å². The second-order valence-corrected chi connectivity index (χ2v) is 4.68.